The molecule has 12 heteroatoms. The van der Waals surface area contributed by atoms with E-state index in [9.17, 15) is 18.8 Å². The van der Waals surface area contributed by atoms with E-state index in [0.29, 0.717) is 31.1 Å². The molecule has 0 bridgehead atoms. The molecule has 2 aromatic carbocycles. The Balaban J connectivity index is 1.28. The van der Waals surface area contributed by atoms with Crippen LogP contribution >= 0.6 is 47.1 Å². The molecule has 2 aromatic heterocycles. The van der Waals surface area contributed by atoms with E-state index in [-0.39, 0.29) is 36.4 Å². The van der Waals surface area contributed by atoms with Crippen LogP contribution in [-0.2, 0) is 9.59 Å². The highest BCUT2D eigenvalue weighted by Crippen LogP contribution is 2.33. The largest absolute Gasteiger partial charge is 0.325 e. The van der Waals surface area contributed by atoms with Crippen molar-refractivity contribution in [2.75, 3.05) is 17.6 Å². The molecule has 0 aliphatic carbocycles. The second kappa shape index (κ2) is 11.6. The molecular formula is C26H19FN4O3S4. The maximum Gasteiger partial charge on any atom is 0.266 e. The van der Waals surface area contributed by atoms with Crippen molar-refractivity contribution < 1.29 is 18.8 Å². The average molecular weight is 583 g/mol. The summed E-state index contributed by atoms with van der Waals surface area (Å²) >= 11 is 9.28. The highest BCUT2D eigenvalue weighted by atomic mass is 32.2. The number of imidazole rings is 1. The summed E-state index contributed by atoms with van der Waals surface area (Å²) in [4.78, 5) is 46.3. The van der Waals surface area contributed by atoms with Crippen molar-refractivity contribution in [3.8, 4) is 0 Å². The Kier molecular flexibility index (Phi) is 8.03. The van der Waals surface area contributed by atoms with Gasteiger partial charge >= 0.3 is 0 Å². The Labute approximate surface area is 235 Å². The predicted molar refractivity (Wildman–Crippen MR) is 155 cm³/mol. The van der Waals surface area contributed by atoms with Gasteiger partial charge in [-0.25, -0.2) is 9.37 Å². The zero-order valence-electron chi connectivity index (χ0n) is 19.6. The predicted octanol–water partition coefficient (Wildman–Crippen LogP) is 5.90. The molecule has 0 saturated carbocycles. The van der Waals surface area contributed by atoms with Gasteiger partial charge in [0.05, 0.1) is 21.7 Å². The topological polar surface area (TPSA) is 84.3 Å². The fraction of sp³-hybridized carbons (Fsp3) is 0.115. The number of para-hydroxylation sites is 2. The van der Waals surface area contributed by atoms with Gasteiger partial charge in [0, 0.05) is 23.5 Å². The summed E-state index contributed by atoms with van der Waals surface area (Å²) in [5, 5.41) is 5.00. The number of amides is 2. The smallest absolute Gasteiger partial charge is 0.266 e. The van der Waals surface area contributed by atoms with Crippen molar-refractivity contribution >= 4 is 91.9 Å². The summed E-state index contributed by atoms with van der Waals surface area (Å²) in [5.74, 6) is -1.20. The van der Waals surface area contributed by atoms with Gasteiger partial charge in [0.15, 0.2) is 5.16 Å². The Morgan fingerprint density at radius 1 is 1.11 bits per heavy atom. The van der Waals surface area contributed by atoms with Crippen LogP contribution in [0.5, 0.6) is 0 Å². The van der Waals surface area contributed by atoms with Gasteiger partial charge in [-0.2, -0.15) is 0 Å². The highest BCUT2D eigenvalue weighted by Gasteiger charge is 2.32. The third kappa shape index (κ3) is 5.88. The molecule has 0 spiro atoms. The molecule has 4 aromatic rings. The third-order valence-corrected chi connectivity index (χ3v) is 8.61. The fourth-order valence-electron chi connectivity index (χ4n) is 3.72. The van der Waals surface area contributed by atoms with E-state index in [0.717, 1.165) is 16.6 Å². The van der Waals surface area contributed by atoms with Crippen LogP contribution in [0.3, 0.4) is 0 Å². The van der Waals surface area contributed by atoms with E-state index in [4.69, 9.17) is 12.2 Å². The summed E-state index contributed by atoms with van der Waals surface area (Å²) in [6.45, 7) is 0.132. The molecule has 7 nitrogen and oxygen atoms in total. The maximum atomic E-state index is 13.4. The van der Waals surface area contributed by atoms with Crippen LogP contribution in [0.1, 0.15) is 16.1 Å². The molecule has 2 amide bonds. The number of carbonyl (C=O) groups excluding carboxylic acids is 3. The van der Waals surface area contributed by atoms with Gasteiger partial charge in [-0.1, -0.05) is 53.9 Å². The van der Waals surface area contributed by atoms with Crippen LogP contribution in [0.25, 0.3) is 17.1 Å². The van der Waals surface area contributed by atoms with Gasteiger partial charge in [-0.05, 0) is 53.9 Å². The SMILES string of the molecule is O=C(CSc1nc2ccccc2n1C(=O)CCN1C(=O)/C(=C\c2cccs2)SC1=S)Nc1ccc(F)cc1. The quantitative estimate of drug-likeness (QED) is 0.157. The molecule has 5 rings (SSSR count). The minimum Gasteiger partial charge on any atom is -0.325 e. The lowest BCUT2D eigenvalue weighted by Crippen LogP contribution is -2.31. The first-order chi connectivity index (χ1) is 18.4. The Morgan fingerprint density at radius 2 is 1.89 bits per heavy atom. The van der Waals surface area contributed by atoms with Crippen LogP contribution in [0.2, 0.25) is 0 Å². The Bertz CT molecular complexity index is 1570. The number of thioether (sulfide) groups is 2. The monoisotopic (exact) mass is 582 g/mol. The number of thiophene rings is 1. The number of fused-ring (bicyclic) bond motifs is 1. The van der Waals surface area contributed by atoms with Gasteiger partial charge in [-0.15, -0.1) is 11.3 Å². The second-order valence-corrected chi connectivity index (χ2v) is 11.7. The van der Waals surface area contributed by atoms with Crippen molar-refractivity contribution in [3.63, 3.8) is 0 Å². The van der Waals surface area contributed by atoms with E-state index in [2.05, 4.69) is 10.3 Å². The summed E-state index contributed by atoms with van der Waals surface area (Å²) < 4.78 is 15.0. The number of thiocarbonyl (C=S) groups is 1. The van der Waals surface area contributed by atoms with Gasteiger partial charge in [0.25, 0.3) is 5.91 Å². The Hall–Kier alpha value is -3.32. The van der Waals surface area contributed by atoms with Gasteiger partial charge in [0.1, 0.15) is 10.1 Å². The molecule has 3 heterocycles. The van der Waals surface area contributed by atoms with Crippen molar-refractivity contribution in [2.45, 2.75) is 11.6 Å². The number of rotatable bonds is 8. The first-order valence-corrected chi connectivity index (χ1v) is 14.5. The first kappa shape index (κ1) is 26.3. The van der Waals surface area contributed by atoms with E-state index < -0.39 is 5.82 Å². The maximum absolute atomic E-state index is 13.4. The summed E-state index contributed by atoms with van der Waals surface area (Å²) in [6, 6.07) is 16.5. The molecule has 1 N–H and O–H groups in total. The average Bonchev–Trinajstić information content (AvgIpc) is 3.61. The highest BCUT2D eigenvalue weighted by molar-refractivity contribution is 8.26. The van der Waals surface area contributed by atoms with E-state index in [1.165, 1.54) is 56.8 Å². The Morgan fingerprint density at radius 3 is 2.66 bits per heavy atom. The molecule has 1 fully saturated rings. The van der Waals surface area contributed by atoms with E-state index in [1.807, 2.05) is 23.6 Å². The molecule has 1 aliphatic rings. The van der Waals surface area contributed by atoms with Crippen molar-refractivity contribution in [1.29, 1.82) is 0 Å². The summed E-state index contributed by atoms with van der Waals surface area (Å²) in [6.07, 6.45) is 1.83. The number of nitrogens with one attached hydrogen (secondary N) is 1. The number of carbonyl (C=O) groups is 3. The normalized spacial score (nSPS) is 14.6. The summed E-state index contributed by atoms with van der Waals surface area (Å²) in [7, 11) is 0. The van der Waals surface area contributed by atoms with Crippen LogP contribution in [0.15, 0.2) is 76.1 Å². The molecule has 0 atom stereocenters. The standard InChI is InChI=1S/C26H19FN4O3S4/c27-16-7-9-17(10-8-16)28-22(32)15-37-25-29-19-5-1-2-6-20(19)31(25)23(33)11-12-30-24(34)21(38-26(30)35)14-18-4-3-13-36-18/h1-10,13-14H,11-12,15H2,(H,28,32)/b21-14+. The first-order valence-electron chi connectivity index (χ1n) is 11.4. The number of aromatic nitrogens is 2. The molecule has 38 heavy (non-hydrogen) atoms. The van der Waals surface area contributed by atoms with Crippen molar-refractivity contribution in [2.24, 2.45) is 0 Å². The number of hydrogen-bond acceptors (Lipinski definition) is 8. The lowest BCUT2D eigenvalue weighted by molar-refractivity contribution is -0.122. The van der Waals surface area contributed by atoms with Crippen LogP contribution in [-0.4, -0.2) is 48.8 Å². The van der Waals surface area contributed by atoms with Crippen molar-refractivity contribution in [1.82, 2.24) is 14.5 Å². The van der Waals surface area contributed by atoms with Gasteiger partial charge in [0.2, 0.25) is 11.8 Å². The molecular weight excluding hydrogens is 564 g/mol. The molecule has 192 valence electrons. The number of anilines is 1. The zero-order chi connectivity index (χ0) is 26.6. The van der Waals surface area contributed by atoms with Gasteiger partial charge < -0.3 is 5.32 Å². The minimum atomic E-state index is -0.394. The minimum absolute atomic E-state index is 0.00378. The number of halogens is 1. The second-order valence-electron chi connectivity index (χ2n) is 8.05. The lowest BCUT2D eigenvalue weighted by Gasteiger charge is -2.14. The summed E-state index contributed by atoms with van der Waals surface area (Å²) in [5.41, 5.74) is 1.70. The molecule has 1 saturated heterocycles. The fourth-order valence-corrected chi connectivity index (χ4v) is 6.57. The molecule has 0 unspecified atom stereocenters. The van der Waals surface area contributed by atoms with Crippen LogP contribution < -0.4 is 5.32 Å². The lowest BCUT2D eigenvalue weighted by atomic mass is 10.3. The van der Waals surface area contributed by atoms with Gasteiger partial charge in [-0.3, -0.25) is 23.9 Å². The van der Waals surface area contributed by atoms with E-state index in [1.54, 1.807) is 24.3 Å². The van der Waals surface area contributed by atoms with Crippen molar-refractivity contribution in [3.05, 3.63) is 81.6 Å². The number of benzene rings is 2. The third-order valence-electron chi connectivity index (χ3n) is 5.48. The van der Waals surface area contributed by atoms with Crippen LogP contribution in [0.4, 0.5) is 10.1 Å². The van der Waals surface area contributed by atoms with Crippen LogP contribution in [0, 0.1) is 5.82 Å². The molecule has 1 aliphatic heterocycles. The number of hydrogen-bond donors (Lipinski definition) is 1. The molecule has 0 radical (unpaired) electrons. The van der Waals surface area contributed by atoms with E-state index >= 15 is 0 Å². The zero-order valence-corrected chi connectivity index (χ0v) is 22.9. The number of nitrogens with zero attached hydrogens (tertiary/aromatic N) is 3.